The van der Waals surface area contributed by atoms with Crippen LogP contribution in [0.3, 0.4) is 0 Å². The molecule has 3 rings (SSSR count). The summed E-state index contributed by atoms with van der Waals surface area (Å²) in [5, 5.41) is 13.6. The summed E-state index contributed by atoms with van der Waals surface area (Å²) in [6.45, 7) is 2.66. The molecule has 0 aliphatic carbocycles. The minimum Gasteiger partial charge on any atom is -0.497 e. The lowest BCUT2D eigenvalue weighted by atomic mass is 10.3. The van der Waals surface area contributed by atoms with E-state index in [0.29, 0.717) is 0 Å². The number of rotatable bonds is 8. The Labute approximate surface area is 160 Å². The molecule has 0 aliphatic heterocycles. The second kappa shape index (κ2) is 8.86. The molecule has 0 spiro atoms. The van der Waals surface area contributed by atoms with Crippen LogP contribution in [0, 0.1) is 0 Å². The fraction of sp³-hybridized carbons (Fsp3) is 0.278. The highest BCUT2D eigenvalue weighted by molar-refractivity contribution is 8.00. The number of aromatic nitrogens is 3. The zero-order chi connectivity index (χ0) is 18.4. The molecule has 0 aliphatic rings. The molecular weight excluding hydrogens is 368 g/mol. The van der Waals surface area contributed by atoms with Crippen molar-refractivity contribution >= 4 is 34.7 Å². The van der Waals surface area contributed by atoms with E-state index in [1.165, 1.54) is 16.6 Å². The Morgan fingerprint density at radius 1 is 1.35 bits per heavy atom. The number of ether oxygens (including phenoxy) is 1. The lowest BCUT2D eigenvalue weighted by molar-refractivity contribution is -0.115. The van der Waals surface area contributed by atoms with Crippen molar-refractivity contribution in [2.24, 2.45) is 0 Å². The molecule has 2 heterocycles. The summed E-state index contributed by atoms with van der Waals surface area (Å²) in [5.41, 5.74) is 0.738. The predicted molar refractivity (Wildman–Crippen MR) is 105 cm³/mol. The quantitative estimate of drug-likeness (QED) is 0.596. The Balaban J connectivity index is 1.56. The van der Waals surface area contributed by atoms with Gasteiger partial charge in [0.2, 0.25) is 5.91 Å². The van der Waals surface area contributed by atoms with E-state index in [-0.39, 0.29) is 11.2 Å². The van der Waals surface area contributed by atoms with Gasteiger partial charge >= 0.3 is 0 Å². The van der Waals surface area contributed by atoms with Gasteiger partial charge in [-0.05, 0) is 49.1 Å². The highest BCUT2D eigenvalue weighted by Gasteiger charge is 2.18. The van der Waals surface area contributed by atoms with Gasteiger partial charge in [-0.3, -0.25) is 4.79 Å². The summed E-state index contributed by atoms with van der Waals surface area (Å²) in [6, 6.07) is 11.4. The van der Waals surface area contributed by atoms with Gasteiger partial charge in [0.05, 0.1) is 12.4 Å². The average Bonchev–Trinajstić information content (AvgIpc) is 3.32. The van der Waals surface area contributed by atoms with Gasteiger partial charge in [-0.15, -0.1) is 21.5 Å². The van der Waals surface area contributed by atoms with E-state index < -0.39 is 0 Å². The number of benzene rings is 1. The predicted octanol–water partition coefficient (Wildman–Crippen LogP) is 3.71. The number of methoxy groups -OCH3 is 1. The van der Waals surface area contributed by atoms with E-state index in [0.717, 1.165) is 29.6 Å². The van der Waals surface area contributed by atoms with Crippen LogP contribution >= 0.6 is 23.1 Å². The van der Waals surface area contributed by atoms with Gasteiger partial charge in [0, 0.05) is 17.1 Å². The van der Waals surface area contributed by atoms with E-state index >= 15 is 0 Å². The Bertz CT molecular complexity index is 831. The van der Waals surface area contributed by atoms with Gasteiger partial charge < -0.3 is 14.6 Å². The summed E-state index contributed by atoms with van der Waals surface area (Å²) < 4.78 is 7.11. The number of thiophene rings is 1. The number of aryl methyl sites for hydroxylation is 2. The van der Waals surface area contributed by atoms with Crippen molar-refractivity contribution in [2.75, 3.05) is 12.4 Å². The smallest absolute Gasteiger partial charge is 0.237 e. The molecule has 0 fully saturated rings. The first-order chi connectivity index (χ1) is 12.7. The van der Waals surface area contributed by atoms with Crippen molar-refractivity contribution in [3.8, 4) is 5.75 Å². The number of carbonyl (C=O) groups excluding carboxylic acids is 1. The van der Waals surface area contributed by atoms with Crippen LogP contribution in [0.1, 0.15) is 11.8 Å². The molecule has 8 heteroatoms. The Morgan fingerprint density at radius 3 is 2.85 bits per heavy atom. The van der Waals surface area contributed by atoms with Crippen molar-refractivity contribution in [2.45, 2.75) is 30.3 Å². The fourth-order valence-corrected chi connectivity index (χ4v) is 3.85. The molecule has 2 aromatic heterocycles. The number of nitrogens with one attached hydrogen (secondary N) is 1. The maximum Gasteiger partial charge on any atom is 0.237 e. The first-order valence-electron chi connectivity index (χ1n) is 8.17. The first-order valence-corrected chi connectivity index (χ1v) is 9.93. The molecule has 6 nitrogen and oxygen atoms in total. The molecule has 0 saturated carbocycles. The summed E-state index contributed by atoms with van der Waals surface area (Å²) in [4.78, 5) is 13.7. The summed E-state index contributed by atoms with van der Waals surface area (Å²) in [6.07, 6.45) is 2.64. The van der Waals surface area contributed by atoms with E-state index in [1.807, 2.05) is 41.8 Å². The third-order valence-corrected chi connectivity index (χ3v) is 5.80. The molecule has 0 bridgehead atoms. The molecular formula is C18H20N4O2S2. The molecule has 3 aromatic rings. The van der Waals surface area contributed by atoms with E-state index in [1.54, 1.807) is 24.8 Å². The number of hydrogen-bond donors (Lipinski definition) is 1. The van der Waals surface area contributed by atoms with Crippen LogP contribution in [0.5, 0.6) is 5.75 Å². The first kappa shape index (κ1) is 18.5. The van der Waals surface area contributed by atoms with Gasteiger partial charge in [-0.25, -0.2) is 0 Å². The molecule has 136 valence electrons. The monoisotopic (exact) mass is 388 g/mol. The summed E-state index contributed by atoms with van der Waals surface area (Å²) >= 11 is 3.14. The number of amides is 1. The number of carbonyl (C=O) groups is 1. The van der Waals surface area contributed by atoms with E-state index in [9.17, 15) is 4.79 Å². The number of thioether (sulfide) groups is 1. The standard InChI is InChI=1S/C18H20N4O2S2/c1-13(17(23)20-14-5-7-15(24-2)8-6-14)26-18-21-19-12-22(18)10-9-16-4-3-11-25-16/h3-8,11-13H,9-10H2,1-2H3,(H,20,23). The van der Waals surface area contributed by atoms with Gasteiger partial charge in [0.15, 0.2) is 5.16 Å². The van der Waals surface area contributed by atoms with Crippen LogP contribution < -0.4 is 10.1 Å². The van der Waals surface area contributed by atoms with Gasteiger partial charge in [0.25, 0.3) is 0 Å². The van der Waals surface area contributed by atoms with Crippen molar-refractivity contribution in [1.29, 1.82) is 0 Å². The van der Waals surface area contributed by atoms with Crippen LogP contribution in [-0.2, 0) is 17.8 Å². The number of nitrogens with zero attached hydrogens (tertiary/aromatic N) is 3. The molecule has 1 unspecified atom stereocenters. The molecule has 0 saturated heterocycles. The van der Waals surface area contributed by atoms with Crippen LogP contribution in [0.15, 0.2) is 53.3 Å². The van der Waals surface area contributed by atoms with Crippen LogP contribution in [0.4, 0.5) is 5.69 Å². The Hall–Kier alpha value is -2.32. The van der Waals surface area contributed by atoms with E-state index in [2.05, 4.69) is 27.0 Å². The van der Waals surface area contributed by atoms with Crippen LogP contribution in [0.25, 0.3) is 0 Å². The topological polar surface area (TPSA) is 69.0 Å². The van der Waals surface area contributed by atoms with Crippen LogP contribution in [0.2, 0.25) is 0 Å². The van der Waals surface area contributed by atoms with Crippen molar-refractivity contribution in [3.05, 3.63) is 53.0 Å². The van der Waals surface area contributed by atoms with Crippen LogP contribution in [-0.4, -0.2) is 33.0 Å². The largest absolute Gasteiger partial charge is 0.497 e. The maximum atomic E-state index is 12.4. The lowest BCUT2D eigenvalue weighted by Gasteiger charge is -2.12. The molecule has 1 amide bonds. The van der Waals surface area contributed by atoms with Gasteiger partial charge in [-0.2, -0.15) is 0 Å². The minimum atomic E-state index is -0.290. The van der Waals surface area contributed by atoms with Crippen molar-refractivity contribution in [3.63, 3.8) is 0 Å². The fourth-order valence-electron chi connectivity index (χ4n) is 2.30. The second-order valence-corrected chi connectivity index (χ2v) is 7.95. The van der Waals surface area contributed by atoms with Gasteiger partial charge in [-0.1, -0.05) is 17.8 Å². The normalized spacial score (nSPS) is 11.9. The maximum absolute atomic E-state index is 12.4. The SMILES string of the molecule is COc1ccc(NC(=O)C(C)Sc2nncn2CCc2cccs2)cc1. The highest BCUT2D eigenvalue weighted by Crippen LogP contribution is 2.23. The zero-order valence-electron chi connectivity index (χ0n) is 14.6. The molecule has 26 heavy (non-hydrogen) atoms. The molecule has 1 atom stereocenters. The molecule has 1 N–H and O–H groups in total. The Morgan fingerprint density at radius 2 is 2.15 bits per heavy atom. The zero-order valence-corrected chi connectivity index (χ0v) is 16.2. The van der Waals surface area contributed by atoms with Crippen molar-refractivity contribution in [1.82, 2.24) is 14.8 Å². The third kappa shape index (κ3) is 4.86. The third-order valence-electron chi connectivity index (χ3n) is 3.77. The number of hydrogen-bond acceptors (Lipinski definition) is 6. The lowest BCUT2D eigenvalue weighted by Crippen LogP contribution is -2.23. The minimum absolute atomic E-state index is 0.0760. The summed E-state index contributed by atoms with van der Waals surface area (Å²) in [5.74, 6) is 0.678. The molecule has 0 radical (unpaired) electrons. The van der Waals surface area contributed by atoms with Gasteiger partial charge in [0.1, 0.15) is 12.1 Å². The average molecular weight is 389 g/mol. The second-order valence-electron chi connectivity index (χ2n) is 5.61. The summed E-state index contributed by atoms with van der Waals surface area (Å²) in [7, 11) is 1.61. The Kier molecular flexibility index (Phi) is 6.30. The van der Waals surface area contributed by atoms with Crippen molar-refractivity contribution < 1.29 is 9.53 Å². The van der Waals surface area contributed by atoms with E-state index in [4.69, 9.17) is 4.74 Å². The highest BCUT2D eigenvalue weighted by atomic mass is 32.2. The number of anilines is 1. The molecule has 1 aromatic carbocycles.